The van der Waals surface area contributed by atoms with Gasteiger partial charge >= 0.3 is 0 Å². The van der Waals surface area contributed by atoms with E-state index in [-0.39, 0.29) is 12.5 Å². The maximum atomic E-state index is 11.9. The lowest BCUT2D eigenvalue weighted by molar-refractivity contribution is -0.133. The SMILES string of the molecule is Cc1cnc(NC(=O)C2(CO)CCC2)s1. The van der Waals surface area contributed by atoms with Gasteiger partial charge in [-0.1, -0.05) is 6.42 Å². The van der Waals surface area contributed by atoms with Crippen LogP contribution < -0.4 is 5.32 Å². The quantitative estimate of drug-likeness (QED) is 0.822. The van der Waals surface area contributed by atoms with Crippen LogP contribution in [-0.4, -0.2) is 22.6 Å². The van der Waals surface area contributed by atoms with Crippen molar-refractivity contribution in [3.8, 4) is 0 Å². The van der Waals surface area contributed by atoms with Crippen molar-refractivity contribution in [1.82, 2.24) is 4.98 Å². The van der Waals surface area contributed by atoms with Crippen LogP contribution in [0.1, 0.15) is 24.1 Å². The standard InChI is InChI=1S/C10H14N2O2S/c1-7-5-11-9(15-7)12-8(14)10(6-13)3-2-4-10/h5,13H,2-4,6H2,1H3,(H,11,12,14). The van der Waals surface area contributed by atoms with Crippen LogP contribution in [0.5, 0.6) is 0 Å². The van der Waals surface area contributed by atoms with Crippen LogP contribution >= 0.6 is 11.3 Å². The second-order valence-electron chi connectivity index (χ2n) is 4.02. The number of aliphatic hydroxyl groups is 1. The fourth-order valence-corrected chi connectivity index (χ4v) is 2.36. The maximum absolute atomic E-state index is 11.9. The molecule has 15 heavy (non-hydrogen) atoms. The molecule has 0 unspecified atom stereocenters. The molecule has 0 saturated heterocycles. The number of aliphatic hydroxyl groups excluding tert-OH is 1. The third-order valence-corrected chi connectivity index (χ3v) is 3.76. The molecule has 0 aromatic carbocycles. The predicted molar refractivity (Wildman–Crippen MR) is 58.9 cm³/mol. The first-order chi connectivity index (χ1) is 7.16. The molecule has 1 aromatic rings. The van der Waals surface area contributed by atoms with Gasteiger partial charge in [0.1, 0.15) is 0 Å². The zero-order valence-corrected chi connectivity index (χ0v) is 9.43. The van der Waals surface area contributed by atoms with E-state index in [1.165, 1.54) is 11.3 Å². The van der Waals surface area contributed by atoms with E-state index in [2.05, 4.69) is 10.3 Å². The summed E-state index contributed by atoms with van der Waals surface area (Å²) in [4.78, 5) is 17.0. The van der Waals surface area contributed by atoms with Gasteiger partial charge in [0.2, 0.25) is 5.91 Å². The second kappa shape index (κ2) is 3.90. The molecule has 1 heterocycles. The van der Waals surface area contributed by atoms with Crippen LogP contribution in [0.2, 0.25) is 0 Å². The van der Waals surface area contributed by atoms with Crippen molar-refractivity contribution in [3.05, 3.63) is 11.1 Å². The highest BCUT2D eigenvalue weighted by molar-refractivity contribution is 7.15. The number of amides is 1. The monoisotopic (exact) mass is 226 g/mol. The number of hydrogen-bond acceptors (Lipinski definition) is 4. The minimum absolute atomic E-state index is 0.0663. The molecule has 0 spiro atoms. The highest BCUT2D eigenvalue weighted by atomic mass is 32.1. The van der Waals surface area contributed by atoms with Gasteiger partial charge in [-0.05, 0) is 19.8 Å². The number of nitrogens with zero attached hydrogens (tertiary/aromatic N) is 1. The number of aryl methyl sites for hydroxylation is 1. The van der Waals surface area contributed by atoms with E-state index >= 15 is 0 Å². The molecule has 2 N–H and O–H groups in total. The number of rotatable bonds is 3. The molecule has 1 fully saturated rings. The first-order valence-electron chi connectivity index (χ1n) is 5.01. The number of carbonyl (C=O) groups is 1. The normalized spacial score (nSPS) is 18.3. The van der Waals surface area contributed by atoms with Gasteiger partial charge in [0, 0.05) is 11.1 Å². The van der Waals surface area contributed by atoms with E-state index in [0.717, 1.165) is 24.1 Å². The minimum Gasteiger partial charge on any atom is -0.395 e. The fraction of sp³-hybridized carbons (Fsp3) is 0.600. The molecular weight excluding hydrogens is 212 g/mol. The van der Waals surface area contributed by atoms with E-state index in [1.807, 2.05) is 6.92 Å². The number of thiazole rings is 1. The first-order valence-corrected chi connectivity index (χ1v) is 5.83. The van der Waals surface area contributed by atoms with E-state index in [9.17, 15) is 9.90 Å². The minimum atomic E-state index is -0.542. The Balaban J connectivity index is 2.03. The van der Waals surface area contributed by atoms with Crippen molar-refractivity contribution < 1.29 is 9.90 Å². The van der Waals surface area contributed by atoms with Crippen LogP contribution in [0.3, 0.4) is 0 Å². The van der Waals surface area contributed by atoms with Crippen LogP contribution in [0.15, 0.2) is 6.20 Å². The highest BCUT2D eigenvalue weighted by Crippen LogP contribution is 2.41. The number of nitrogens with one attached hydrogen (secondary N) is 1. The summed E-state index contributed by atoms with van der Waals surface area (Å²) in [6, 6.07) is 0. The van der Waals surface area contributed by atoms with Crippen molar-refractivity contribution in [2.24, 2.45) is 5.41 Å². The van der Waals surface area contributed by atoms with E-state index in [0.29, 0.717) is 5.13 Å². The second-order valence-corrected chi connectivity index (χ2v) is 5.26. The van der Waals surface area contributed by atoms with Gasteiger partial charge < -0.3 is 10.4 Å². The number of anilines is 1. The Morgan fingerprint density at radius 2 is 2.47 bits per heavy atom. The molecule has 1 aliphatic carbocycles. The van der Waals surface area contributed by atoms with Gasteiger partial charge in [-0.15, -0.1) is 11.3 Å². The van der Waals surface area contributed by atoms with Gasteiger partial charge in [-0.3, -0.25) is 4.79 Å². The van der Waals surface area contributed by atoms with E-state index in [4.69, 9.17) is 0 Å². The zero-order chi connectivity index (χ0) is 10.9. The molecule has 0 atom stereocenters. The summed E-state index contributed by atoms with van der Waals surface area (Å²) >= 11 is 1.45. The Kier molecular flexibility index (Phi) is 2.75. The van der Waals surface area contributed by atoms with Gasteiger partial charge in [0.15, 0.2) is 5.13 Å². The van der Waals surface area contributed by atoms with E-state index < -0.39 is 5.41 Å². The molecular formula is C10H14N2O2S. The van der Waals surface area contributed by atoms with Crippen molar-refractivity contribution in [2.45, 2.75) is 26.2 Å². The molecule has 2 rings (SSSR count). The Hall–Kier alpha value is -0.940. The van der Waals surface area contributed by atoms with Crippen molar-refractivity contribution >= 4 is 22.4 Å². The maximum Gasteiger partial charge on any atom is 0.234 e. The largest absolute Gasteiger partial charge is 0.395 e. The van der Waals surface area contributed by atoms with Gasteiger partial charge in [-0.2, -0.15) is 0 Å². The number of aromatic nitrogens is 1. The first kappa shape index (κ1) is 10.6. The summed E-state index contributed by atoms with van der Waals surface area (Å²) in [6.07, 6.45) is 4.30. The van der Waals surface area contributed by atoms with Crippen LogP contribution in [0.25, 0.3) is 0 Å². The van der Waals surface area contributed by atoms with Crippen LogP contribution in [0, 0.1) is 12.3 Å². The van der Waals surface area contributed by atoms with Gasteiger partial charge in [0.25, 0.3) is 0 Å². The van der Waals surface area contributed by atoms with Gasteiger partial charge in [-0.25, -0.2) is 4.98 Å². The highest BCUT2D eigenvalue weighted by Gasteiger charge is 2.43. The van der Waals surface area contributed by atoms with Crippen molar-refractivity contribution in [1.29, 1.82) is 0 Å². The summed E-state index contributed by atoms with van der Waals surface area (Å²) < 4.78 is 0. The lowest BCUT2D eigenvalue weighted by Crippen LogP contribution is -2.44. The Morgan fingerprint density at radius 3 is 2.87 bits per heavy atom. The summed E-state index contributed by atoms with van der Waals surface area (Å²) in [6.45, 7) is 1.88. The summed E-state index contributed by atoms with van der Waals surface area (Å²) in [5.74, 6) is -0.0920. The predicted octanol–water partition coefficient (Wildman–Crippen LogP) is 1.55. The smallest absolute Gasteiger partial charge is 0.234 e. The number of hydrogen-bond donors (Lipinski definition) is 2. The third-order valence-electron chi connectivity index (χ3n) is 2.94. The molecule has 0 bridgehead atoms. The Morgan fingerprint density at radius 1 is 1.73 bits per heavy atom. The molecule has 1 saturated carbocycles. The average Bonchev–Trinajstić information content (AvgIpc) is 2.50. The third kappa shape index (κ3) is 1.89. The van der Waals surface area contributed by atoms with E-state index in [1.54, 1.807) is 6.20 Å². The topological polar surface area (TPSA) is 62.2 Å². The van der Waals surface area contributed by atoms with Crippen LogP contribution in [0.4, 0.5) is 5.13 Å². The van der Waals surface area contributed by atoms with Crippen LogP contribution in [-0.2, 0) is 4.79 Å². The van der Waals surface area contributed by atoms with Crippen molar-refractivity contribution in [3.63, 3.8) is 0 Å². The van der Waals surface area contributed by atoms with Crippen molar-refractivity contribution in [2.75, 3.05) is 11.9 Å². The average molecular weight is 226 g/mol. The van der Waals surface area contributed by atoms with Gasteiger partial charge in [0.05, 0.1) is 12.0 Å². The zero-order valence-electron chi connectivity index (χ0n) is 8.62. The molecule has 1 aromatic heterocycles. The number of carbonyl (C=O) groups excluding carboxylic acids is 1. The molecule has 5 heteroatoms. The molecule has 1 aliphatic rings. The Bertz CT molecular complexity index is 366. The fourth-order valence-electron chi connectivity index (χ4n) is 1.70. The molecule has 0 radical (unpaired) electrons. The summed E-state index contributed by atoms with van der Waals surface area (Å²) in [7, 11) is 0. The summed E-state index contributed by atoms with van der Waals surface area (Å²) in [5, 5.41) is 12.6. The Labute approximate surface area is 92.3 Å². The lowest BCUT2D eigenvalue weighted by atomic mass is 9.69. The lowest BCUT2D eigenvalue weighted by Gasteiger charge is -2.38. The molecule has 1 amide bonds. The molecule has 0 aliphatic heterocycles. The molecule has 82 valence electrons. The summed E-state index contributed by atoms with van der Waals surface area (Å²) in [5.41, 5.74) is -0.542. The molecule has 4 nitrogen and oxygen atoms in total.